The molecule has 0 bridgehead atoms. The first-order valence-electron chi connectivity index (χ1n) is 10.0. The van der Waals surface area contributed by atoms with Crippen molar-refractivity contribution in [1.29, 1.82) is 0 Å². The molecule has 1 aromatic heterocycles. The Morgan fingerprint density at radius 1 is 1.04 bits per heavy atom. The van der Waals surface area contributed by atoms with Gasteiger partial charge in [-0.3, -0.25) is 14.7 Å². The molecule has 2 aromatic carbocycles. The highest BCUT2D eigenvalue weighted by molar-refractivity contribution is 5.85. The Kier molecular flexibility index (Phi) is 5.68. The predicted molar refractivity (Wildman–Crippen MR) is 113 cm³/mol. The summed E-state index contributed by atoms with van der Waals surface area (Å²) in [6.07, 6.45) is 6.04. The van der Waals surface area contributed by atoms with E-state index in [0.29, 0.717) is 12.5 Å². The highest BCUT2D eigenvalue weighted by Crippen LogP contribution is 2.20. The predicted octanol–water partition coefficient (Wildman–Crippen LogP) is 3.55. The van der Waals surface area contributed by atoms with Crippen LogP contribution in [0.1, 0.15) is 17.5 Å². The summed E-state index contributed by atoms with van der Waals surface area (Å²) in [5.41, 5.74) is 2.48. The number of amides is 1. The van der Waals surface area contributed by atoms with E-state index in [1.807, 2.05) is 35.5 Å². The lowest BCUT2D eigenvalue weighted by atomic mass is 10.0. The molecule has 0 aliphatic carbocycles. The molecule has 0 spiro atoms. The highest BCUT2D eigenvalue weighted by Gasteiger charge is 2.27. The van der Waals surface area contributed by atoms with Crippen molar-refractivity contribution in [2.75, 3.05) is 26.7 Å². The van der Waals surface area contributed by atoms with E-state index in [0.717, 1.165) is 43.4 Å². The number of fused-ring (bicyclic) bond motifs is 1. The van der Waals surface area contributed by atoms with Gasteiger partial charge in [-0.1, -0.05) is 54.6 Å². The number of hydrogen-bond acceptors (Lipinski definition) is 3. The summed E-state index contributed by atoms with van der Waals surface area (Å²) < 4.78 is 0. The van der Waals surface area contributed by atoms with Crippen LogP contribution in [0, 0.1) is 0 Å². The molecule has 4 nitrogen and oxygen atoms in total. The highest BCUT2D eigenvalue weighted by atomic mass is 16.2. The second kappa shape index (κ2) is 8.53. The van der Waals surface area contributed by atoms with Gasteiger partial charge in [-0.15, -0.1) is 0 Å². The molecule has 144 valence electrons. The van der Waals surface area contributed by atoms with E-state index in [9.17, 15) is 4.79 Å². The first-order chi connectivity index (χ1) is 13.7. The number of carbonyl (C=O) groups is 1. The zero-order chi connectivity index (χ0) is 19.3. The third kappa shape index (κ3) is 4.23. The lowest BCUT2D eigenvalue weighted by Crippen LogP contribution is -2.54. The van der Waals surface area contributed by atoms with Gasteiger partial charge in [0.05, 0.1) is 0 Å². The largest absolute Gasteiger partial charge is 0.340 e. The van der Waals surface area contributed by atoms with Gasteiger partial charge in [0, 0.05) is 49.9 Å². The monoisotopic (exact) mass is 373 g/mol. The third-order valence-corrected chi connectivity index (χ3v) is 5.80. The van der Waals surface area contributed by atoms with Crippen molar-refractivity contribution in [3.63, 3.8) is 0 Å². The van der Waals surface area contributed by atoms with Gasteiger partial charge < -0.3 is 4.90 Å². The van der Waals surface area contributed by atoms with Crippen LogP contribution in [0.3, 0.4) is 0 Å². The Labute approximate surface area is 166 Å². The first-order valence-corrected chi connectivity index (χ1v) is 10.0. The van der Waals surface area contributed by atoms with Gasteiger partial charge in [0.15, 0.2) is 0 Å². The van der Waals surface area contributed by atoms with Crippen LogP contribution < -0.4 is 0 Å². The molecule has 1 amide bonds. The van der Waals surface area contributed by atoms with E-state index < -0.39 is 0 Å². The first kappa shape index (κ1) is 18.6. The number of pyridine rings is 1. The van der Waals surface area contributed by atoms with Gasteiger partial charge in [0.1, 0.15) is 0 Å². The van der Waals surface area contributed by atoms with Gasteiger partial charge in [-0.05, 0) is 36.4 Å². The standard InChI is InChI=1S/C24H27N3O/c1-26-13-14-27(18-22(26)15-19-7-3-2-4-8-19)24(28)12-11-21-17-25-16-20-9-5-6-10-23(20)21/h2-10,16-17,22H,11-15,18H2,1H3. The molecule has 0 N–H and O–H groups in total. The van der Waals surface area contributed by atoms with Crippen LogP contribution in [0.15, 0.2) is 67.0 Å². The van der Waals surface area contributed by atoms with E-state index in [4.69, 9.17) is 0 Å². The smallest absolute Gasteiger partial charge is 0.223 e. The molecule has 1 saturated heterocycles. The molecule has 28 heavy (non-hydrogen) atoms. The second-order valence-corrected chi connectivity index (χ2v) is 7.68. The fourth-order valence-corrected chi connectivity index (χ4v) is 4.06. The van der Waals surface area contributed by atoms with Gasteiger partial charge in [-0.25, -0.2) is 0 Å². The lowest BCUT2D eigenvalue weighted by Gasteiger charge is -2.39. The number of benzene rings is 2. The number of nitrogens with zero attached hydrogens (tertiary/aromatic N) is 3. The van der Waals surface area contributed by atoms with E-state index in [1.54, 1.807) is 0 Å². The van der Waals surface area contributed by atoms with E-state index in [2.05, 4.69) is 53.3 Å². The molecule has 0 saturated carbocycles. The van der Waals surface area contributed by atoms with E-state index in [-0.39, 0.29) is 5.91 Å². The maximum Gasteiger partial charge on any atom is 0.223 e. The maximum atomic E-state index is 12.9. The van der Waals surface area contributed by atoms with Crippen molar-refractivity contribution >= 4 is 16.7 Å². The zero-order valence-corrected chi connectivity index (χ0v) is 16.4. The van der Waals surface area contributed by atoms with E-state index in [1.165, 1.54) is 10.9 Å². The minimum atomic E-state index is 0.249. The summed E-state index contributed by atoms with van der Waals surface area (Å²) in [6, 6.07) is 19.2. The summed E-state index contributed by atoms with van der Waals surface area (Å²) in [5.74, 6) is 0.249. The lowest BCUT2D eigenvalue weighted by molar-refractivity contribution is -0.133. The molecule has 2 heterocycles. The second-order valence-electron chi connectivity index (χ2n) is 7.68. The minimum Gasteiger partial charge on any atom is -0.340 e. The number of likely N-dealkylation sites (N-methyl/N-ethyl adjacent to an activating group) is 1. The Hall–Kier alpha value is -2.72. The third-order valence-electron chi connectivity index (χ3n) is 5.80. The van der Waals surface area contributed by atoms with Crippen molar-refractivity contribution in [3.8, 4) is 0 Å². The summed E-state index contributed by atoms with van der Waals surface area (Å²) in [7, 11) is 2.16. The number of rotatable bonds is 5. The summed E-state index contributed by atoms with van der Waals surface area (Å²) in [6.45, 7) is 2.55. The molecule has 1 unspecified atom stereocenters. The number of hydrogen-bond donors (Lipinski definition) is 0. The molecule has 4 rings (SSSR count). The minimum absolute atomic E-state index is 0.249. The van der Waals surface area contributed by atoms with Crippen LogP contribution in [0.4, 0.5) is 0 Å². The van der Waals surface area contributed by atoms with Crippen LogP contribution in [0.5, 0.6) is 0 Å². The molecule has 0 radical (unpaired) electrons. The van der Waals surface area contributed by atoms with Crippen LogP contribution in [0.2, 0.25) is 0 Å². The van der Waals surface area contributed by atoms with Crippen molar-refractivity contribution in [2.45, 2.75) is 25.3 Å². The average molecular weight is 374 g/mol. The van der Waals surface area contributed by atoms with Gasteiger partial charge in [-0.2, -0.15) is 0 Å². The number of piperazine rings is 1. The van der Waals surface area contributed by atoms with Crippen molar-refractivity contribution in [2.24, 2.45) is 0 Å². The molecule has 1 aliphatic heterocycles. The number of aromatic nitrogens is 1. The Bertz CT molecular complexity index is 935. The van der Waals surface area contributed by atoms with Gasteiger partial charge in [0.2, 0.25) is 5.91 Å². The summed E-state index contributed by atoms with van der Waals surface area (Å²) >= 11 is 0. The van der Waals surface area contributed by atoms with Crippen molar-refractivity contribution < 1.29 is 4.79 Å². The summed E-state index contributed by atoms with van der Waals surface area (Å²) in [4.78, 5) is 21.7. The molecule has 4 heteroatoms. The molecule has 1 fully saturated rings. The normalized spacial score (nSPS) is 17.8. The van der Waals surface area contributed by atoms with Crippen LogP contribution in [0.25, 0.3) is 10.8 Å². The summed E-state index contributed by atoms with van der Waals surface area (Å²) in [5, 5.41) is 2.33. The van der Waals surface area contributed by atoms with Crippen molar-refractivity contribution in [3.05, 3.63) is 78.1 Å². The molecular weight excluding hydrogens is 346 g/mol. The van der Waals surface area contributed by atoms with Gasteiger partial charge >= 0.3 is 0 Å². The fourth-order valence-electron chi connectivity index (χ4n) is 4.06. The molecule has 1 atom stereocenters. The Morgan fingerprint density at radius 3 is 2.68 bits per heavy atom. The molecular formula is C24H27N3O. The van der Waals surface area contributed by atoms with Crippen LogP contribution in [-0.4, -0.2) is 53.4 Å². The maximum absolute atomic E-state index is 12.9. The molecule has 3 aromatic rings. The van der Waals surface area contributed by atoms with Crippen molar-refractivity contribution in [1.82, 2.24) is 14.8 Å². The molecule has 1 aliphatic rings. The number of carbonyl (C=O) groups excluding carboxylic acids is 1. The van der Waals surface area contributed by atoms with Crippen LogP contribution in [-0.2, 0) is 17.6 Å². The fraction of sp³-hybridized carbons (Fsp3) is 0.333. The topological polar surface area (TPSA) is 36.4 Å². The zero-order valence-electron chi connectivity index (χ0n) is 16.4. The van der Waals surface area contributed by atoms with Crippen LogP contribution >= 0.6 is 0 Å². The Morgan fingerprint density at radius 2 is 1.82 bits per heavy atom. The number of aryl methyl sites for hydroxylation is 1. The average Bonchev–Trinajstić information content (AvgIpc) is 2.74. The SMILES string of the molecule is CN1CCN(C(=O)CCc2cncc3ccccc23)CC1Cc1ccccc1. The quantitative estimate of drug-likeness (QED) is 0.686. The Balaban J connectivity index is 1.39. The van der Waals surface area contributed by atoms with Gasteiger partial charge in [0.25, 0.3) is 0 Å². The van der Waals surface area contributed by atoms with E-state index >= 15 is 0 Å².